The van der Waals surface area contributed by atoms with Gasteiger partial charge < -0.3 is 10.1 Å². The van der Waals surface area contributed by atoms with Crippen LogP contribution in [-0.4, -0.2) is 59.5 Å². The van der Waals surface area contributed by atoms with E-state index in [1.54, 1.807) is 0 Å². The first-order valence-corrected chi connectivity index (χ1v) is 7.57. The number of nitrogens with one attached hydrogen (secondary N) is 1. The normalized spacial score (nSPS) is 23.0. The van der Waals surface area contributed by atoms with Crippen molar-refractivity contribution in [3.8, 4) is 0 Å². The van der Waals surface area contributed by atoms with Crippen LogP contribution in [0.3, 0.4) is 0 Å². The van der Waals surface area contributed by atoms with Crippen molar-refractivity contribution in [2.24, 2.45) is 5.92 Å². The Hall–Kier alpha value is -1.54. The molecule has 0 aromatic carbocycles. The van der Waals surface area contributed by atoms with Crippen LogP contribution in [0.2, 0.25) is 0 Å². The minimum absolute atomic E-state index is 0.00838. The van der Waals surface area contributed by atoms with Gasteiger partial charge in [0.05, 0.1) is 12.7 Å². The van der Waals surface area contributed by atoms with Gasteiger partial charge in [-0.3, -0.25) is 9.69 Å². The summed E-state index contributed by atoms with van der Waals surface area (Å²) in [6.45, 7) is 1.11. The summed E-state index contributed by atoms with van der Waals surface area (Å²) in [4.78, 5) is 14.3. The number of hydrogen-bond donors (Lipinski definition) is 1. The van der Waals surface area contributed by atoms with Crippen LogP contribution in [0.15, 0.2) is 12.3 Å². The van der Waals surface area contributed by atoms with Gasteiger partial charge in [-0.05, 0) is 24.8 Å². The number of ether oxygens (including phenoxy) is 1. The second-order valence-electron chi connectivity index (χ2n) is 5.86. The number of carbonyl (C=O) groups excluding carboxylic acids is 1. The summed E-state index contributed by atoms with van der Waals surface area (Å²) in [6.07, 6.45) is 3.65. The maximum atomic E-state index is 12.4. The van der Waals surface area contributed by atoms with E-state index in [0.29, 0.717) is 17.8 Å². The second-order valence-corrected chi connectivity index (χ2v) is 5.86. The number of aromatic nitrogens is 2. The fraction of sp³-hybridized carbons (Fsp3) is 0.714. The molecule has 0 spiro atoms. The van der Waals surface area contributed by atoms with Crippen LogP contribution in [-0.2, 0) is 4.74 Å². The first-order chi connectivity index (χ1) is 10.6. The van der Waals surface area contributed by atoms with Gasteiger partial charge in [0.2, 0.25) is 0 Å². The molecule has 1 aliphatic heterocycles. The van der Waals surface area contributed by atoms with E-state index < -0.39 is 12.5 Å². The maximum absolute atomic E-state index is 12.4. The Balaban J connectivity index is 1.45. The molecule has 0 bridgehead atoms. The largest absolute Gasteiger partial charge is 0.374 e. The zero-order chi connectivity index (χ0) is 15.5. The summed E-state index contributed by atoms with van der Waals surface area (Å²) in [6, 6.07) is 1.28. The smallest absolute Gasteiger partial charge is 0.333 e. The summed E-state index contributed by atoms with van der Waals surface area (Å²) < 4.78 is 30.9. The lowest BCUT2D eigenvalue weighted by molar-refractivity contribution is -0.0277. The molecule has 1 aromatic heterocycles. The minimum Gasteiger partial charge on any atom is -0.374 e. The van der Waals surface area contributed by atoms with Crippen LogP contribution in [0.1, 0.15) is 29.9 Å². The third kappa shape index (κ3) is 4.01. The lowest BCUT2D eigenvalue weighted by atomic mass is 10.2. The van der Waals surface area contributed by atoms with E-state index in [1.165, 1.54) is 18.9 Å². The van der Waals surface area contributed by atoms with Crippen LogP contribution in [0.4, 0.5) is 8.78 Å². The van der Waals surface area contributed by atoms with Crippen LogP contribution < -0.4 is 5.32 Å². The molecule has 2 fully saturated rings. The molecule has 1 N–H and O–H groups in total. The molecule has 22 heavy (non-hydrogen) atoms. The molecule has 1 atom stereocenters. The molecule has 2 heterocycles. The van der Waals surface area contributed by atoms with Gasteiger partial charge in [0.25, 0.3) is 5.91 Å². The molecule has 1 saturated carbocycles. The Kier molecular flexibility index (Phi) is 4.68. The number of carbonyl (C=O) groups is 1. The van der Waals surface area contributed by atoms with Gasteiger partial charge >= 0.3 is 6.55 Å². The standard InChI is InChI=1S/C14H20F2N4O2/c15-14(16)20-4-3-12(18-20)13(21)17-7-11-9-19(5-6-22-11)8-10-1-2-10/h3-4,10-11,14H,1-2,5-9H2,(H,17,21). The molecule has 1 aliphatic carbocycles. The Morgan fingerprint density at radius 3 is 3.00 bits per heavy atom. The van der Waals surface area contributed by atoms with E-state index in [1.807, 2.05) is 0 Å². The highest BCUT2D eigenvalue weighted by Gasteiger charge is 2.28. The zero-order valence-corrected chi connectivity index (χ0v) is 12.3. The lowest BCUT2D eigenvalue weighted by Gasteiger charge is -2.33. The van der Waals surface area contributed by atoms with Crippen molar-refractivity contribution in [3.63, 3.8) is 0 Å². The van der Waals surface area contributed by atoms with Crippen molar-refractivity contribution >= 4 is 5.91 Å². The van der Waals surface area contributed by atoms with E-state index in [2.05, 4.69) is 15.3 Å². The number of amides is 1. The second kappa shape index (κ2) is 6.70. The van der Waals surface area contributed by atoms with E-state index in [9.17, 15) is 13.6 Å². The van der Waals surface area contributed by atoms with Gasteiger partial charge in [0.15, 0.2) is 0 Å². The molecule has 1 amide bonds. The topological polar surface area (TPSA) is 59.4 Å². The van der Waals surface area contributed by atoms with Gasteiger partial charge in [-0.1, -0.05) is 0 Å². The number of morpholine rings is 1. The summed E-state index contributed by atoms with van der Waals surface area (Å²) in [5.74, 6) is 0.369. The Morgan fingerprint density at radius 2 is 2.32 bits per heavy atom. The van der Waals surface area contributed by atoms with Gasteiger partial charge in [-0.2, -0.15) is 13.9 Å². The van der Waals surface area contributed by atoms with Crippen LogP contribution in [0.25, 0.3) is 0 Å². The predicted molar refractivity (Wildman–Crippen MR) is 74.7 cm³/mol. The first kappa shape index (κ1) is 15.4. The molecule has 1 saturated heterocycles. The third-order valence-electron chi connectivity index (χ3n) is 3.97. The summed E-state index contributed by atoms with van der Waals surface area (Å²) in [5.41, 5.74) is -0.00838. The monoisotopic (exact) mass is 314 g/mol. The average molecular weight is 314 g/mol. The highest BCUT2D eigenvalue weighted by atomic mass is 19.3. The number of rotatable bonds is 6. The highest BCUT2D eigenvalue weighted by molar-refractivity contribution is 5.92. The van der Waals surface area contributed by atoms with Crippen molar-refractivity contribution in [3.05, 3.63) is 18.0 Å². The van der Waals surface area contributed by atoms with E-state index in [4.69, 9.17) is 4.74 Å². The summed E-state index contributed by atoms with van der Waals surface area (Å²) in [5, 5.41) is 6.24. The molecule has 2 aliphatic rings. The predicted octanol–water partition coefficient (Wildman–Crippen LogP) is 1.12. The van der Waals surface area contributed by atoms with Crippen molar-refractivity contribution < 1.29 is 18.3 Å². The number of alkyl halides is 2. The minimum atomic E-state index is -2.74. The molecule has 8 heteroatoms. The molecule has 3 rings (SSSR count). The van der Waals surface area contributed by atoms with Crippen molar-refractivity contribution in [2.75, 3.05) is 32.8 Å². The van der Waals surface area contributed by atoms with E-state index in [-0.39, 0.29) is 11.8 Å². The van der Waals surface area contributed by atoms with Crippen LogP contribution in [0.5, 0.6) is 0 Å². The zero-order valence-electron chi connectivity index (χ0n) is 12.3. The molecular formula is C14H20F2N4O2. The van der Waals surface area contributed by atoms with Crippen molar-refractivity contribution in [1.82, 2.24) is 20.0 Å². The fourth-order valence-electron chi connectivity index (χ4n) is 2.60. The molecule has 0 radical (unpaired) electrons. The SMILES string of the molecule is O=C(NCC1CN(CC2CC2)CCO1)c1ccn(C(F)F)n1. The molecule has 6 nitrogen and oxygen atoms in total. The molecular weight excluding hydrogens is 294 g/mol. The van der Waals surface area contributed by atoms with Gasteiger partial charge in [0.1, 0.15) is 5.69 Å². The van der Waals surface area contributed by atoms with Crippen LogP contribution >= 0.6 is 0 Å². The van der Waals surface area contributed by atoms with E-state index in [0.717, 1.165) is 31.7 Å². The molecule has 122 valence electrons. The van der Waals surface area contributed by atoms with Crippen molar-refractivity contribution in [1.29, 1.82) is 0 Å². The number of hydrogen-bond acceptors (Lipinski definition) is 4. The number of halogens is 2. The molecule has 1 unspecified atom stereocenters. The van der Waals surface area contributed by atoms with Crippen LogP contribution in [0, 0.1) is 5.92 Å². The molecule has 1 aromatic rings. The first-order valence-electron chi connectivity index (χ1n) is 7.57. The third-order valence-corrected chi connectivity index (χ3v) is 3.97. The quantitative estimate of drug-likeness (QED) is 0.855. The number of nitrogens with zero attached hydrogens (tertiary/aromatic N) is 3. The van der Waals surface area contributed by atoms with Crippen molar-refractivity contribution in [2.45, 2.75) is 25.5 Å². The van der Waals surface area contributed by atoms with Gasteiger partial charge in [-0.25, -0.2) is 4.68 Å². The summed E-state index contributed by atoms with van der Waals surface area (Å²) in [7, 11) is 0. The average Bonchev–Trinajstić information content (AvgIpc) is 3.17. The Morgan fingerprint density at radius 1 is 1.50 bits per heavy atom. The lowest BCUT2D eigenvalue weighted by Crippen LogP contribution is -2.48. The Bertz CT molecular complexity index is 519. The van der Waals surface area contributed by atoms with E-state index >= 15 is 0 Å². The highest BCUT2D eigenvalue weighted by Crippen LogP contribution is 2.30. The maximum Gasteiger partial charge on any atom is 0.333 e. The van der Waals surface area contributed by atoms with Gasteiger partial charge in [-0.15, -0.1) is 0 Å². The Labute approximate surface area is 127 Å². The fourth-order valence-corrected chi connectivity index (χ4v) is 2.60. The van der Waals surface area contributed by atoms with Gasteiger partial charge in [0, 0.05) is 32.4 Å². The summed E-state index contributed by atoms with van der Waals surface area (Å²) >= 11 is 0.